The van der Waals surface area contributed by atoms with E-state index in [4.69, 9.17) is 9.47 Å². The second-order valence-corrected chi connectivity index (χ2v) is 4.46. The van der Waals surface area contributed by atoms with Gasteiger partial charge in [0.1, 0.15) is 5.60 Å². The minimum atomic E-state index is -0.716. The zero-order valence-electron chi connectivity index (χ0n) is 9.01. The van der Waals surface area contributed by atoms with Crippen LogP contribution in [0.15, 0.2) is 0 Å². The Labute approximate surface area is 79.4 Å². The maximum absolute atomic E-state index is 11.3. The highest BCUT2D eigenvalue weighted by molar-refractivity contribution is 5.84. The van der Waals surface area contributed by atoms with E-state index in [-0.39, 0.29) is 11.6 Å². The molecule has 0 N–H and O–H groups in total. The topological polar surface area (TPSA) is 38.8 Å². The lowest BCUT2D eigenvalue weighted by Crippen LogP contribution is -2.31. The van der Waals surface area contributed by atoms with Crippen LogP contribution in [-0.4, -0.2) is 24.3 Å². The summed E-state index contributed by atoms with van der Waals surface area (Å²) in [6.45, 7) is 7.99. The van der Waals surface area contributed by atoms with Gasteiger partial charge in [-0.1, -0.05) is 13.8 Å². The van der Waals surface area contributed by atoms with Gasteiger partial charge in [-0.2, -0.15) is 0 Å². The molecule has 1 aliphatic heterocycles. The van der Waals surface area contributed by atoms with Gasteiger partial charge in [-0.05, 0) is 26.2 Å². The van der Waals surface area contributed by atoms with Crippen molar-refractivity contribution in [3.8, 4) is 0 Å². The zero-order valence-corrected chi connectivity index (χ0v) is 9.01. The molecular formula is C10H18O3. The highest BCUT2D eigenvalue weighted by Crippen LogP contribution is 2.52. The van der Waals surface area contributed by atoms with Crippen molar-refractivity contribution in [2.24, 2.45) is 5.92 Å². The van der Waals surface area contributed by atoms with Crippen molar-refractivity contribution in [3.63, 3.8) is 0 Å². The van der Waals surface area contributed by atoms with E-state index in [1.165, 1.54) is 7.11 Å². The number of ether oxygens (including phenoxy) is 2. The van der Waals surface area contributed by atoms with Crippen LogP contribution in [0.1, 0.15) is 34.1 Å². The first-order chi connectivity index (χ1) is 5.85. The molecule has 0 amide bonds. The molecule has 1 saturated heterocycles. The summed E-state index contributed by atoms with van der Waals surface area (Å²) in [5.74, 6) is 0.257. The summed E-state index contributed by atoms with van der Waals surface area (Å²) in [5.41, 5.74) is -1.04. The summed E-state index contributed by atoms with van der Waals surface area (Å²) in [6.07, 6.45) is 0.888. The van der Waals surface area contributed by atoms with E-state index in [1.807, 2.05) is 6.92 Å². The normalized spacial score (nSPS) is 37.7. The van der Waals surface area contributed by atoms with Crippen LogP contribution in [0.4, 0.5) is 0 Å². The van der Waals surface area contributed by atoms with E-state index in [1.54, 1.807) is 6.92 Å². The van der Waals surface area contributed by atoms with Gasteiger partial charge >= 0.3 is 5.97 Å². The van der Waals surface area contributed by atoms with Crippen LogP contribution in [0.5, 0.6) is 0 Å². The van der Waals surface area contributed by atoms with E-state index < -0.39 is 5.60 Å². The third-order valence-corrected chi connectivity index (χ3v) is 2.77. The summed E-state index contributed by atoms with van der Waals surface area (Å²) in [4.78, 5) is 11.3. The molecule has 3 nitrogen and oxygen atoms in total. The van der Waals surface area contributed by atoms with Crippen molar-refractivity contribution < 1.29 is 14.3 Å². The molecule has 0 spiro atoms. The molecule has 3 heteroatoms. The molecule has 1 heterocycles. The molecule has 0 aromatic carbocycles. The van der Waals surface area contributed by atoms with Gasteiger partial charge in [0, 0.05) is 0 Å². The Hall–Kier alpha value is -0.570. The molecule has 13 heavy (non-hydrogen) atoms. The van der Waals surface area contributed by atoms with Crippen molar-refractivity contribution in [3.05, 3.63) is 0 Å². The predicted molar refractivity (Wildman–Crippen MR) is 49.4 cm³/mol. The Morgan fingerprint density at radius 1 is 1.46 bits per heavy atom. The molecule has 0 radical (unpaired) electrons. The number of methoxy groups -OCH3 is 1. The smallest absolute Gasteiger partial charge is 0.340 e. The number of carbonyl (C=O) groups excluding carboxylic acids is 1. The quantitative estimate of drug-likeness (QED) is 0.498. The molecule has 76 valence electrons. The molecule has 0 saturated carbocycles. The Bertz CT molecular complexity index is 224. The van der Waals surface area contributed by atoms with Gasteiger partial charge in [0.25, 0.3) is 0 Å². The molecule has 1 rings (SSSR count). The Morgan fingerprint density at radius 2 is 2.00 bits per heavy atom. The zero-order chi connectivity index (χ0) is 10.3. The minimum Gasteiger partial charge on any atom is -0.467 e. The average Bonchev–Trinajstić information content (AvgIpc) is 2.52. The second-order valence-electron chi connectivity index (χ2n) is 4.46. The van der Waals surface area contributed by atoms with Crippen molar-refractivity contribution in [2.45, 2.75) is 45.3 Å². The fraction of sp³-hybridized carbons (Fsp3) is 0.900. The van der Waals surface area contributed by atoms with Crippen LogP contribution in [0, 0.1) is 5.92 Å². The Balaban J connectivity index is 2.64. The molecule has 2 atom stereocenters. The van der Waals surface area contributed by atoms with Gasteiger partial charge in [-0.25, -0.2) is 4.79 Å². The lowest BCUT2D eigenvalue weighted by Gasteiger charge is -2.12. The first-order valence-electron chi connectivity index (χ1n) is 4.64. The van der Waals surface area contributed by atoms with Crippen LogP contribution in [-0.2, 0) is 14.3 Å². The molecular weight excluding hydrogens is 168 g/mol. The monoisotopic (exact) mass is 186 g/mol. The van der Waals surface area contributed by atoms with E-state index in [2.05, 4.69) is 13.8 Å². The fourth-order valence-electron chi connectivity index (χ4n) is 1.89. The van der Waals surface area contributed by atoms with Gasteiger partial charge in [0.2, 0.25) is 0 Å². The number of epoxide rings is 1. The molecule has 0 aliphatic carbocycles. The first-order valence-corrected chi connectivity index (χ1v) is 4.64. The highest BCUT2D eigenvalue weighted by Gasteiger charge is 2.69. The van der Waals surface area contributed by atoms with E-state index in [0.717, 1.165) is 6.42 Å². The lowest BCUT2D eigenvalue weighted by atomic mass is 9.88. The van der Waals surface area contributed by atoms with Crippen LogP contribution in [0.25, 0.3) is 0 Å². The van der Waals surface area contributed by atoms with Gasteiger partial charge in [-0.3, -0.25) is 0 Å². The van der Waals surface area contributed by atoms with Crippen molar-refractivity contribution >= 4 is 5.97 Å². The maximum Gasteiger partial charge on any atom is 0.340 e. The third-order valence-electron chi connectivity index (χ3n) is 2.77. The molecule has 0 aromatic heterocycles. The predicted octanol–water partition coefficient (Wildman–Crippen LogP) is 1.75. The molecule has 2 unspecified atom stereocenters. The fourth-order valence-corrected chi connectivity index (χ4v) is 1.89. The summed E-state index contributed by atoms with van der Waals surface area (Å²) >= 11 is 0. The SMILES string of the molecule is COC(=O)C1(C)OC1(C)CC(C)C. The number of esters is 1. The average molecular weight is 186 g/mol. The number of carbonyl (C=O) groups is 1. The van der Waals surface area contributed by atoms with Crippen molar-refractivity contribution in [1.29, 1.82) is 0 Å². The van der Waals surface area contributed by atoms with E-state index >= 15 is 0 Å². The number of rotatable bonds is 3. The minimum absolute atomic E-state index is 0.268. The van der Waals surface area contributed by atoms with Crippen molar-refractivity contribution in [1.82, 2.24) is 0 Å². The van der Waals surface area contributed by atoms with Crippen LogP contribution >= 0.6 is 0 Å². The van der Waals surface area contributed by atoms with E-state index in [0.29, 0.717) is 5.92 Å². The second kappa shape index (κ2) is 2.98. The van der Waals surface area contributed by atoms with Crippen molar-refractivity contribution in [2.75, 3.05) is 7.11 Å². The molecule has 0 aromatic rings. The standard InChI is InChI=1S/C10H18O3/c1-7(2)6-9(3)10(4,13-9)8(11)12-5/h7H,6H2,1-5H3. The van der Waals surface area contributed by atoms with Gasteiger partial charge in [0.05, 0.1) is 7.11 Å². The van der Waals surface area contributed by atoms with Gasteiger partial charge < -0.3 is 9.47 Å². The summed E-state index contributed by atoms with van der Waals surface area (Å²) in [6, 6.07) is 0. The Kier molecular flexibility index (Phi) is 2.41. The highest BCUT2D eigenvalue weighted by atomic mass is 16.7. The van der Waals surface area contributed by atoms with Gasteiger partial charge in [0.15, 0.2) is 5.60 Å². The third kappa shape index (κ3) is 1.57. The summed E-state index contributed by atoms with van der Waals surface area (Å²) < 4.78 is 10.2. The number of hydrogen-bond acceptors (Lipinski definition) is 3. The van der Waals surface area contributed by atoms with Crippen LogP contribution in [0.3, 0.4) is 0 Å². The lowest BCUT2D eigenvalue weighted by molar-refractivity contribution is -0.146. The molecule has 0 bridgehead atoms. The largest absolute Gasteiger partial charge is 0.467 e. The van der Waals surface area contributed by atoms with Crippen LogP contribution in [0.2, 0.25) is 0 Å². The maximum atomic E-state index is 11.3. The molecule has 1 aliphatic rings. The van der Waals surface area contributed by atoms with Crippen LogP contribution < -0.4 is 0 Å². The molecule has 1 fully saturated rings. The Morgan fingerprint density at radius 3 is 2.38 bits per heavy atom. The first kappa shape index (κ1) is 10.5. The summed E-state index contributed by atoms with van der Waals surface area (Å²) in [5, 5.41) is 0. The summed E-state index contributed by atoms with van der Waals surface area (Å²) in [7, 11) is 1.39. The number of hydrogen-bond donors (Lipinski definition) is 0. The van der Waals surface area contributed by atoms with Gasteiger partial charge in [-0.15, -0.1) is 0 Å². The van der Waals surface area contributed by atoms with E-state index in [9.17, 15) is 4.79 Å².